The lowest BCUT2D eigenvalue weighted by atomic mass is 10.2. The largest absolute Gasteiger partial charge is 0.482 e. The van der Waals surface area contributed by atoms with Crippen LogP contribution in [-0.4, -0.2) is 29.6 Å². The van der Waals surface area contributed by atoms with Gasteiger partial charge in [0, 0.05) is 10.1 Å². The van der Waals surface area contributed by atoms with Gasteiger partial charge < -0.3 is 31.0 Å². The third-order valence-corrected chi connectivity index (χ3v) is 4.26. The van der Waals surface area contributed by atoms with Crippen molar-refractivity contribution >= 4 is 55.3 Å². The van der Waals surface area contributed by atoms with Crippen LogP contribution in [0.15, 0.2) is 22.6 Å². The van der Waals surface area contributed by atoms with Gasteiger partial charge in [-0.15, -0.1) is 11.3 Å². The Kier molecular flexibility index (Phi) is 3.73. The van der Waals surface area contributed by atoms with Crippen molar-refractivity contribution in [2.45, 2.75) is 0 Å². The fourth-order valence-corrected chi connectivity index (χ4v) is 3.38. The lowest BCUT2D eigenvalue weighted by molar-refractivity contribution is -0.139. The Morgan fingerprint density at radius 3 is 2.67 bits per heavy atom. The zero-order chi connectivity index (χ0) is 17.4. The van der Waals surface area contributed by atoms with Crippen molar-refractivity contribution in [3.05, 3.63) is 24.0 Å². The molecule has 9 nitrogen and oxygen atoms in total. The molecule has 0 aliphatic carbocycles. The van der Waals surface area contributed by atoms with Crippen LogP contribution < -0.4 is 21.5 Å². The smallest absolute Gasteiger partial charge is 0.341 e. The lowest BCUT2D eigenvalue weighted by Crippen LogP contribution is -2.21. The summed E-state index contributed by atoms with van der Waals surface area (Å²) in [5.74, 6) is -1.75. The van der Waals surface area contributed by atoms with E-state index in [2.05, 4.69) is 5.32 Å². The topological polar surface area (TPSA) is 158 Å². The molecule has 1 aromatic carbocycles. The van der Waals surface area contributed by atoms with Crippen LogP contribution in [0.5, 0.6) is 5.75 Å². The number of rotatable bonds is 5. The first-order chi connectivity index (χ1) is 11.4. The number of benzene rings is 1. The highest BCUT2D eigenvalue weighted by Gasteiger charge is 2.23. The SMILES string of the molecule is NC(=O)Nc1c(C(N)=O)oc2c1sc1cc(OCC(=O)O)ccc12. The number of carboxylic acid groups (broad SMARTS) is 1. The van der Waals surface area contributed by atoms with Crippen LogP contribution in [0.1, 0.15) is 10.6 Å². The van der Waals surface area contributed by atoms with Gasteiger partial charge in [0.1, 0.15) is 11.4 Å². The summed E-state index contributed by atoms with van der Waals surface area (Å²) in [7, 11) is 0. The predicted molar refractivity (Wildman–Crippen MR) is 86.5 cm³/mol. The zero-order valence-electron chi connectivity index (χ0n) is 12.0. The fraction of sp³-hybridized carbons (Fsp3) is 0.0714. The summed E-state index contributed by atoms with van der Waals surface area (Å²) < 4.78 is 11.8. The second-order valence-electron chi connectivity index (χ2n) is 4.76. The summed E-state index contributed by atoms with van der Waals surface area (Å²) in [6.45, 7) is -0.465. The highest BCUT2D eigenvalue weighted by atomic mass is 32.1. The molecular formula is C14H11N3O6S. The van der Waals surface area contributed by atoms with Crippen LogP contribution in [-0.2, 0) is 4.79 Å². The molecule has 0 bridgehead atoms. The summed E-state index contributed by atoms with van der Waals surface area (Å²) in [6, 6.07) is 4.01. The molecule has 0 atom stereocenters. The van der Waals surface area contributed by atoms with Gasteiger partial charge in [-0.1, -0.05) is 0 Å². The van der Waals surface area contributed by atoms with Crippen LogP contribution in [0.4, 0.5) is 10.5 Å². The van der Waals surface area contributed by atoms with Crippen molar-refractivity contribution in [3.63, 3.8) is 0 Å². The monoisotopic (exact) mass is 349 g/mol. The molecule has 0 fully saturated rings. The van der Waals surface area contributed by atoms with E-state index >= 15 is 0 Å². The molecule has 0 aliphatic heterocycles. The standard InChI is InChI=1S/C14H11N3O6S/c15-13(20)11-9(17-14(16)21)12-10(23-11)6-2-1-5(3-7(6)24-12)22-4-8(18)19/h1-3H,4H2,(H2,15,20)(H,18,19)(H3,16,17,21). The number of carboxylic acids is 1. The number of carbonyl (C=O) groups is 3. The molecule has 3 aromatic rings. The number of aliphatic carboxylic acids is 1. The average molecular weight is 349 g/mol. The molecular weight excluding hydrogens is 338 g/mol. The number of nitrogens with two attached hydrogens (primary N) is 2. The molecule has 124 valence electrons. The number of thiophene rings is 1. The first kappa shape index (κ1) is 15.6. The molecule has 3 amide bonds. The molecule has 0 spiro atoms. The molecule has 2 heterocycles. The second kappa shape index (κ2) is 5.74. The quantitative estimate of drug-likeness (QED) is 0.549. The maximum absolute atomic E-state index is 11.5. The summed E-state index contributed by atoms with van der Waals surface area (Å²) in [4.78, 5) is 33.2. The molecule has 10 heteroatoms. The Labute approximate surface area is 137 Å². The summed E-state index contributed by atoms with van der Waals surface area (Å²) in [5, 5.41) is 11.6. The van der Waals surface area contributed by atoms with E-state index in [1.165, 1.54) is 11.3 Å². The molecule has 0 saturated heterocycles. The van der Waals surface area contributed by atoms with Gasteiger partial charge in [-0.2, -0.15) is 0 Å². The van der Waals surface area contributed by atoms with E-state index < -0.39 is 24.5 Å². The minimum atomic E-state index is -1.09. The zero-order valence-corrected chi connectivity index (χ0v) is 12.8. The number of urea groups is 1. The third-order valence-electron chi connectivity index (χ3n) is 3.11. The number of amides is 3. The van der Waals surface area contributed by atoms with Gasteiger partial charge in [-0.05, 0) is 18.2 Å². The van der Waals surface area contributed by atoms with Crippen molar-refractivity contribution in [1.82, 2.24) is 0 Å². The van der Waals surface area contributed by atoms with Gasteiger partial charge in [0.05, 0.1) is 4.70 Å². The molecule has 0 aliphatic rings. The number of fused-ring (bicyclic) bond motifs is 3. The van der Waals surface area contributed by atoms with Crippen LogP contribution in [0.3, 0.4) is 0 Å². The average Bonchev–Trinajstić information content (AvgIpc) is 3.01. The minimum Gasteiger partial charge on any atom is -0.482 e. The van der Waals surface area contributed by atoms with E-state index in [0.717, 1.165) is 4.70 Å². The Bertz CT molecular complexity index is 989. The van der Waals surface area contributed by atoms with E-state index in [0.29, 0.717) is 21.4 Å². The highest BCUT2D eigenvalue weighted by Crippen LogP contribution is 2.43. The Morgan fingerprint density at radius 2 is 2.04 bits per heavy atom. The van der Waals surface area contributed by atoms with Gasteiger partial charge >= 0.3 is 12.0 Å². The molecule has 2 aromatic heterocycles. The third kappa shape index (κ3) is 2.70. The number of hydrogen-bond acceptors (Lipinski definition) is 6. The Hall–Kier alpha value is -3.27. The number of furan rings is 1. The van der Waals surface area contributed by atoms with E-state index in [9.17, 15) is 14.4 Å². The lowest BCUT2D eigenvalue weighted by Gasteiger charge is -2.02. The maximum atomic E-state index is 11.5. The molecule has 0 saturated carbocycles. The predicted octanol–water partition coefficient (Wildman–Crippen LogP) is 1.70. The minimum absolute atomic E-state index is 0.110. The normalized spacial score (nSPS) is 10.8. The number of hydrogen-bond donors (Lipinski definition) is 4. The molecule has 3 rings (SSSR count). The van der Waals surface area contributed by atoms with E-state index in [4.69, 9.17) is 25.7 Å². The van der Waals surface area contributed by atoms with E-state index in [1.807, 2.05) is 0 Å². The molecule has 0 radical (unpaired) electrons. The summed E-state index contributed by atoms with van der Waals surface area (Å²) in [5.41, 5.74) is 10.9. The van der Waals surface area contributed by atoms with Crippen LogP contribution in [0, 0.1) is 0 Å². The number of primary amides is 2. The van der Waals surface area contributed by atoms with Gasteiger partial charge in [-0.25, -0.2) is 9.59 Å². The van der Waals surface area contributed by atoms with E-state index in [-0.39, 0.29) is 11.4 Å². The number of anilines is 1. The Morgan fingerprint density at radius 1 is 1.29 bits per heavy atom. The number of ether oxygens (including phenoxy) is 1. The maximum Gasteiger partial charge on any atom is 0.341 e. The highest BCUT2D eigenvalue weighted by molar-refractivity contribution is 7.26. The first-order valence-corrected chi connectivity index (χ1v) is 7.38. The number of carbonyl (C=O) groups excluding carboxylic acids is 2. The molecule has 6 N–H and O–H groups in total. The fourth-order valence-electron chi connectivity index (χ4n) is 2.22. The first-order valence-electron chi connectivity index (χ1n) is 6.56. The summed E-state index contributed by atoms with van der Waals surface area (Å²) in [6.07, 6.45) is 0. The van der Waals surface area contributed by atoms with Crippen molar-refractivity contribution in [3.8, 4) is 5.75 Å². The second-order valence-corrected chi connectivity index (χ2v) is 5.81. The van der Waals surface area contributed by atoms with E-state index in [1.54, 1.807) is 18.2 Å². The van der Waals surface area contributed by atoms with Gasteiger partial charge in [-0.3, -0.25) is 4.79 Å². The van der Waals surface area contributed by atoms with Crippen LogP contribution >= 0.6 is 11.3 Å². The van der Waals surface area contributed by atoms with Crippen LogP contribution in [0.2, 0.25) is 0 Å². The number of nitrogens with one attached hydrogen (secondary N) is 1. The van der Waals surface area contributed by atoms with Gasteiger partial charge in [0.2, 0.25) is 5.76 Å². The van der Waals surface area contributed by atoms with Crippen LogP contribution in [0.25, 0.3) is 20.4 Å². The Balaban J connectivity index is 2.13. The van der Waals surface area contributed by atoms with Crippen molar-refractivity contribution < 1.29 is 28.6 Å². The van der Waals surface area contributed by atoms with Crippen molar-refractivity contribution in [2.75, 3.05) is 11.9 Å². The molecule has 0 unspecified atom stereocenters. The van der Waals surface area contributed by atoms with Crippen molar-refractivity contribution in [1.29, 1.82) is 0 Å². The summed E-state index contributed by atoms with van der Waals surface area (Å²) >= 11 is 1.22. The van der Waals surface area contributed by atoms with Crippen molar-refractivity contribution in [2.24, 2.45) is 11.5 Å². The van der Waals surface area contributed by atoms with Gasteiger partial charge in [0.25, 0.3) is 5.91 Å². The van der Waals surface area contributed by atoms with Gasteiger partial charge in [0.15, 0.2) is 12.2 Å². The molecule has 24 heavy (non-hydrogen) atoms.